The molecular formula is C14H19NOS. The number of carbonyl (C=O) groups is 1. The lowest BCUT2D eigenvalue weighted by atomic mass is 10.0. The van der Waals surface area contributed by atoms with Crippen molar-refractivity contribution in [2.75, 3.05) is 13.1 Å². The molecule has 3 heteroatoms. The van der Waals surface area contributed by atoms with Gasteiger partial charge in [-0.1, -0.05) is 30.7 Å². The van der Waals surface area contributed by atoms with Gasteiger partial charge >= 0.3 is 0 Å². The van der Waals surface area contributed by atoms with Gasteiger partial charge in [-0.15, -0.1) is 12.6 Å². The Hall–Kier alpha value is -0.800. The van der Waals surface area contributed by atoms with Crippen LogP contribution >= 0.6 is 12.6 Å². The normalized spacial score (nSPS) is 17.0. The van der Waals surface area contributed by atoms with Crippen molar-refractivity contribution in [2.24, 2.45) is 0 Å². The van der Waals surface area contributed by atoms with E-state index in [1.165, 1.54) is 37.9 Å². The van der Waals surface area contributed by atoms with Crippen LogP contribution in [0.1, 0.15) is 30.4 Å². The van der Waals surface area contributed by atoms with Gasteiger partial charge in [0.15, 0.2) is 5.12 Å². The van der Waals surface area contributed by atoms with Crippen molar-refractivity contribution < 1.29 is 4.79 Å². The molecule has 1 aromatic carbocycles. The Labute approximate surface area is 108 Å². The van der Waals surface area contributed by atoms with Crippen molar-refractivity contribution in [3.8, 4) is 0 Å². The average molecular weight is 249 g/mol. The highest BCUT2D eigenvalue weighted by Crippen LogP contribution is 2.17. The summed E-state index contributed by atoms with van der Waals surface area (Å²) in [4.78, 5) is 13.6. The second kappa shape index (κ2) is 6.22. The summed E-state index contributed by atoms with van der Waals surface area (Å²) in [6.45, 7) is 3.34. The molecule has 1 aromatic rings. The number of hydrogen-bond donors (Lipinski definition) is 1. The average Bonchev–Trinajstić information content (AvgIpc) is 2.32. The molecule has 2 rings (SSSR count). The molecule has 0 amide bonds. The SMILES string of the molecule is O=C(S)Cc1ccccc1CN1CCCCC1. The van der Waals surface area contributed by atoms with E-state index in [1.54, 1.807) is 0 Å². The third-order valence-corrected chi connectivity index (χ3v) is 3.46. The number of thiol groups is 1. The minimum absolute atomic E-state index is 0.0592. The van der Waals surface area contributed by atoms with Crippen LogP contribution < -0.4 is 0 Å². The molecule has 1 aliphatic rings. The standard InChI is InChI=1S/C14H19NOS/c16-14(17)10-12-6-2-3-7-13(12)11-15-8-4-1-5-9-15/h2-3,6-7H,1,4-5,8-11H2,(H,16,17). The maximum absolute atomic E-state index is 11.1. The van der Waals surface area contributed by atoms with Crippen LogP contribution in [0.3, 0.4) is 0 Å². The summed E-state index contributed by atoms with van der Waals surface area (Å²) in [6, 6.07) is 8.20. The van der Waals surface area contributed by atoms with Crippen LogP contribution in [0, 0.1) is 0 Å². The summed E-state index contributed by atoms with van der Waals surface area (Å²) in [7, 11) is 0. The molecular weight excluding hydrogens is 230 g/mol. The number of carbonyl (C=O) groups excluding carboxylic acids is 1. The number of benzene rings is 1. The lowest BCUT2D eigenvalue weighted by Crippen LogP contribution is -2.29. The molecule has 0 aromatic heterocycles. The zero-order valence-electron chi connectivity index (χ0n) is 10.1. The summed E-state index contributed by atoms with van der Waals surface area (Å²) >= 11 is 3.87. The van der Waals surface area contributed by atoms with Crippen LogP contribution in [0.4, 0.5) is 0 Å². The predicted octanol–water partition coefficient (Wildman–Crippen LogP) is 2.67. The highest BCUT2D eigenvalue weighted by molar-refractivity contribution is 7.96. The van der Waals surface area contributed by atoms with Gasteiger partial charge in [-0.2, -0.15) is 0 Å². The molecule has 17 heavy (non-hydrogen) atoms. The monoisotopic (exact) mass is 249 g/mol. The lowest BCUT2D eigenvalue weighted by molar-refractivity contribution is -0.110. The predicted molar refractivity (Wildman–Crippen MR) is 73.3 cm³/mol. The molecule has 1 fully saturated rings. The lowest BCUT2D eigenvalue weighted by Gasteiger charge is -2.27. The quantitative estimate of drug-likeness (QED) is 0.828. The van der Waals surface area contributed by atoms with Crippen LogP contribution in [0.2, 0.25) is 0 Å². The van der Waals surface area contributed by atoms with Crippen molar-refractivity contribution in [2.45, 2.75) is 32.2 Å². The van der Waals surface area contributed by atoms with Gasteiger partial charge in [0.25, 0.3) is 0 Å². The van der Waals surface area contributed by atoms with E-state index in [-0.39, 0.29) is 5.12 Å². The Balaban J connectivity index is 2.05. The molecule has 1 aliphatic heterocycles. The van der Waals surface area contributed by atoms with E-state index in [2.05, 4.69) is 23.6 Å². The number of nitrogens with zero attached hydrogens (tertiary/aromatic N) is 1. The molecule has 92 valence electrons. The largest absolute Gasteiger partial charge is 0.299 e. The molecule has 1 saturated heterocycles. The number of rotatable bonds is 4. The highest BCUT2D eigenvalue weighted by atomic mass is 32.1. The van der Waals surface area contributed by atoms with Gasteiger partial charge in [-0.3, -0.25) is 9.69 Å². The minimum atomic E-state index is -0.0592. The van der Waals surface area contributed by atoms with Crippen LogP contribution in [0.5, 0.6) is 0 Å². The van der Waals surface area contributed by atoms with Gasteiger partial charge in [-0.05, 0) is 37.1 Å². The molecule has 0 atom stereocenters. The van der Waals surface area contributed by atoms with E-state index < -0.39 is 0 Å². The Kier molecular flexibility index (Phi) is 4.63. The first-order valence-corrected chi connectivity index (χ1v) is 6.71. The molecule has 0 saturated carbocycles. The fourth-order valence-corrected chi connectivity index (χ4v) is 2.58. The maximum atomic E-state index is 11.1. The molecule has 2 nitrogen and oxygen atoms in total. The summed E-state index contributed by atoms with van der Waals surface area (Å²) in [6.07, 6.45) is 4.39. The van der Waals surface area contributed by atoms with E-state index >= 15 is 0 Å². The van der Waals surface area contributed by atoms with E-state index in [0.29, 0.717) is 6.42 Å². The van der Waals surface area contributed by atoms with Crippen LogP contribution in [0.15, 0.2) is 24.3 Å². The first-order chi connectivity index (χ1) is 8.25. The Bertz CT molecular complexity index is 386. The number of likely N-dealkylation sites (tertiary alicyclic amines) is 1. The smallest absolute Gasteiger partial charge is 0.190 e. The van der Waals surface area contributed by atoms with E-state index in [1.807, 2.05) is 18.2 Å². The summed E-state index contributed by atoms with van der Waals surface area (Å²) in [5, 5.41) is -0.0592. The fraction of sp³-hybridized carbons (Fsp3) is 0.500. The van der Waals surface area contributed by atoms with E-state index in [4.69, 9.17) is 0 Å². The summed E-state index contributed by atoms with van der Waals surface area (Å²) in [5.41, 5.74) is 2.40. The zero-order valence-corrected chi connectivity index (χ0v) is 11.0. The number of piperidine rings is 1. The Morgan fingerprint density at radius 3 is 2.41 bits per heavy atom. The highest BCUT2D eigenvalue weighted by Gasteiger charge is 2.12. The van der Waals surface area contributed by atoms with Crippen molar-refractivity contribution in [1.82, 2.24) is 4.90 Å². The van der Waals surface area contributed by atoms with Gasteiger partial charge < -0.3 is 0 Å². The van der Waals surface area contributed by atoms with Crippen LogP contribution in [0.25, 0.3) is 0 Å². The molecule has 0 aliphatic carbocycles. The molecule has 0 spiro atoms. The van der Waals surface area contributed by atoms with Crippen molar-refractivity contribution in [3.05, 3.63) is 35.4 Å². The van der Waals surface area contributed by atoms with Crippen molar-refractivity contribution >= 4 is 17.7 Å². The zero-order chi connectivity index (χ0) is 12.1. The van der Waals surface area contributed by atoms with Crippen LogP contribution in [-0.2, 0) is 17.8 Å². The van der Waals surface area contributed by atoms with Gasteiger partial charge in [0.05, 0.1) is 0 Å². The van der Waals surface area contributed by atoms with Gasteiger partial charge in [0.1, 0.15) is 0 Å². The Morgan fingerprint density at radius 2 is 1.76 bits per heavy atom. The topological polar surface area (TPSA) is 20.3 Å². The molecule has 0 radical (unpaired) electrons. The van der Waals surface area contributed by atoms with E-state index in [9.17, 15) is 4.79 Å². The van der Waals surface area contributed by atoms with Crippen LogP contribution in [-0.4, -0.2) is 23.1 Å². The third-order valence-electron chi connectivity index (χ3n) is 3.30. The third kappa shape index (κ3) is 3.86. The number of hydrogen-bond acceptors (Lipinski definition) is 2. The second-order valence-electron chi connectivity index (χ2n) is 4.68. The van der Waals surface area contributed by atoms with Crippen molar-refractivity contribution in [3.63, 3.8) is 0 Å². The van der Waals surface area contributed by atoms with Gasteiger partial charge in [-0.25, -0.2) is 0 Å². The first kappa shape index (κ1) is 12.7. The second-order valence-corrected chi connectivity index (χ2v) is 5.17. The van der Waals surface area contributed by atoms with Gasteiger partial charge in [0.2, 0.25) is 0 Å². The Morgan fingerprint density at radius 1 is 1.12 bits per heavy atom. The first-order valence-electron chi connectivity index (χ1n) is 6.26. The summed E-state index contributed by atoms with van der Waals surface area (Å²) in [5.74, 6) is 0. The summed E-state index contributed by atoms with van der Waals surface area (Å²) < 4.78 is 0. The minimum Gasteiger partial charge on any atom is -0.299 e. The molecule has 0 bridgehead atoms. The molecule has 1 heterocycles. The fourth-order valence-electron chi connectivity index (χ4n) is 2.41. The van der Waals surface area contributed by atoms with Crippen molar-refractivity contribution in [1.29, 1.82) is 0 Å². The van der Waals surface area contributed by atoms with Gasteiger partial charge in [0, 0.05) is 13.0 Å². The van der Waals surface area contributed by atoms with E-state index in [0.717, 1.165) is 12.1 Å². The molecule has 0 N–H and O–H groups in total. The molecule has 0 unspecified atom stereocenters. The maximum Gasteiger partial charge on any atom is 0.190 e.